The summed E-state index contributed by atoms with van der Waals surface area (Å²) in [6.07, 6.45) is 6.63. The predicted octanol–water partition coefficient (Wildman–Crippen LogP) is 5.28. The zero-order valence-electron chi connectivity index (χ0n) is 21.7. The van der Waals surface area contributed by atoms with E-state index in [1.807, 2.05) is 42.5 Å². The molecule has 2 N–H and O–H groups in total. The average Bonchev–Trinajstić information content (AvgIpc) is 2.95. The summed E-state index contributed by atoms with van der Waals surface area (Å²) in [6.45, 7) is 5.87. The molecule has 1 amide bonds. The van der Waals surface area contributed by atoms with Gasteiger partial charge in [0.15, 0.2) is 5.75 Å². The van der Waals surface area contributed by atoms with Crippen LogP contribution in [0.15, 0.2) is 73.2 Å². The van der Waals surface area contributed by atoms with E-state index in [4.69, 9.17) is 21.1 Å². The highest BCUT2D eigenvalue weighted by atomic mass is 35.5. The summed E-state index contributed by atoms with van der Waals surface area (Å²) in [5.74, 6) is 1.54. The number of nitrogens with zero attached hydrogens (tertiary/aromatic N) is 4. The number of nitrogens with one attached hydrogen (secondary N) is 2. The van der Waals surface area contributed by atoms with Crippen LogP contribution in [-0.4, -0.2) is 46.6 Å². The number of benzene rings is 2. The lowest BCUT2D eigenvalue weighted by Gasteiger charge is -2.30. The van der Waals surface area contributed by atoms with Gasteiger partial charge in [0.1, 0.15) is 31.1 Å². The number of ether oxygens (including phenoxy) is 2. The highest BCUT2D eigenvalue weighted by Gasteiger charge is 2.26. The van der Waals surface area contributed by atoms with Crippen LogP contribution >= 0.6 is 11.6 Å². The van der Waals surface area contributed by atoms with Gasteiger partial charge in [-0.15, -0.1) is 0 Å². The number of rotatable bonds is 9. The molecule has 0 bridgehead atoms. The fraction of sp³-hybridized carbons (Fsp3) is 0.241. The van der Waals surface area contributed by atoms with Gasteiger partial charge in [-0.1, -0.05) is 37.6 Å². The Bertz CT molecular complexity index is 1500. The van der Waals surface area contributed by atoms with Gasteiger partial charge in [0, 0.05) is 30.5 Å². The number of anilines is 3. The molecule has 1 aliphatic heterocycles. The average molecular weight is 545 g/mol. The number of carbonyl (C=O) groups is 1. The summed E-state index contributed by atoms with van der Waals surface area (Å²) in [5.41, 5.74) is 2.89. The Kier molecular flexibility index (Phi) is 8.19. The molecule has 39 heavy (non-hydrogen) atoms. The van der Waals surface area contributed by atoms with E-state index in [1.165, 1.54) is 6.33 Å². The second kappa shape index (κ2) is 12.1. The van der Waals surface area contributed by atoms with Crippen LogP contribution in [0, 0.1) is 0 Å². The standard InChI is InChI=1S/C29H29ClN6O3/c1-19(2)31-13-5-7-26(37)36-14-15-38-28-24(36)10-9-23-27(28)29(34-18-33-23)35-20-8-11-25(22(30)16-20)39-17-21-6-3-4-12-32-21/h3-12,16,18-19,31H,13-15,17H2,1-2H3,(H,33,34,35)/b7-5+. The Hall–Kier alpha value is -4.21. The number of aromatic nitrogens is 3. The molecule has 10 heteroatoms. The normalized spacial score (nSPS) is 13.0. The van der Waals surface area contributed by atoms with E-state index >= 15 is 0 Å². The summed E-state index contributed by atoms with van der Waals surface area (Å²) in [7, 11) is 0. The van der Waals surface area contributed by atoms with Crippen molar-refractivity contribution in [3.05, 3.63) is 83.9 Å². The molecule has 0 saturated heterocycles. The topological polar surface area (TPSA) is 102 Å². The van der Waals surface area contributed by atoms with Gasteiger partial charge in [0.25, 0.3) is 5.91 Å². The number of hydrogen-bond donors (Lipinski definition) is 2. The van der Waals surface area contributed by atoms with E-state index < -0.39 is 0 Å². The minimum absolute atomic E-state index is 0.108. The van der Waals surface area contributed by atoms with Crippen molar-refractivity contribution in [2.24, 2.45) is 0 Å². The Morgan fingerprint density at radius 3 is 2.87 bits per heavy atom. The molecule has 3 heterocycles. The van der Waals surface area contributed by atoms with E-state index in [9.17, 15) is 4.79 Å². The van der Waals surface area contributed by atoms with Gasteiger partial charge >= 0.3 is 0 Å². The molecule has 5 rings (SSSR count). The fourth-order valence-corrected chi connectivity index (χ4v) is 4.41. The van der Waals surface area contributed by atoms with Crippen LogP contribution in [0.2, 0.25) is 5.02 Å². The first kappa shape index (κ1) is 26.4. The maximum atomic E-state index is 13.0. The molecular formula is C29H29ClN6O3. The quantitative estimate of drug-likeness (QED) is 0.274. The number of hydrogen-bond acceptors (Lipinski definition) is 8. The molecule has 0 unspecified atom stereocenters. The highest BCUT2D eigenvalue weighted by molar-refractivity contribution is 6.32. The van der Waals surface area contributed by atoms with Gasteiger partial charge in [0.05, 0.1) is 33.9 Å². The van der Waals surface area contributed by atoms with Crippen LogP contribution < -0.4 is 25.0 Å². The van der Waals surface area contributed by atoms with Crippen molar-refractivity contribution in [2.45, 2.75) is 26.5 Å². The second-order valence-corrected chi connectivity index (χ2v) is 9.62. The molecule has 4 aromatic rings. The lowest BCUT2D eigenvalue weighted by molar-refractivity contribution is -0.114. The van der Waals surface area contributed by atoms with Crippen LogP contribution in [0.1, 0.15) is 19.5 Å². The van der Waals surface area contributed by atoms with Crippen LogP contribution in [0.3, 0.4) is 0 Å². The predicted molar refractivity (Wildman–Crippen MR) is 153 cm³/mol. The molecule has 200 valence electrons. The molecule has 0 atom stereocenters. The van der Waals surface area contributed by atoms with Gasteiger partial charge in [-0.25, -0.2) is 9.97 Å². The third-order valence-corrected chi connectivity index (χ3v) is 6.35. The molecule has 0 aliphatic carbocycles. The molecular weight excluding hydrogens is 516 g/mol. The SMILES string of the molecule is CC(C)NC/C=C/C(=O)N1CCOc2c1ccc1ncnc(Nc3ccc(OCc4ccccn4)c(Cl)c3)c21. The Balaban J connectivity index is 1.38. The van der Waals surface area contributed by atoms with E-state index in [1.54, 1.807) is 29.3 Å². The number of fused-ring (bicyclic) bond motifs is 3. The van der Waals surface area contributed by atoms with E-state index in [0.29, 0.717) is 77.0 Å². The zero-order valence-corrected chi connectivity index (χ0v) is 22.5. The van der Waals surface area contributed by atoms with Crippen molar-refractivity contribution in [3.63, 3.8) is 0 Å². The molecule has 2 aromatic carbocycles. The number of pyridine rings is 1. The maximum Gasteiger partial charge on any atom is 0.250 e. The molecule has 0 radical (unpaired) electrons. The van der Waals surface area contributed by atoms with E-state index in [2.05, 4.69) is 39.4 Å². The Labute approximate surface area is 231 Å². The zero-order chi connectivity index (χ0) is 27.2. The van der Waals surface area contributed by atoms with Gasteiger partial charge in [0.2, 0.25) is 0 Å². The van der Waals surface area contributed by atoms with Gasteiger partial charge in [-0.05, 0) is 42.5 Å². The summed E-state index contributed by atoms with van der Waals surface area (Å²) < 4.78 is 11.9. The molecule has 0 fully saturated rings. The van der Waals surface area contributed by atoms with Gasteiger partial charge in [-0.3, -0.25) is 9.78 Å². The van der Waals surface area contributed by atoms with Crippen molar-refractivity contribution in [1.82, 2.24) is 20.3 Å². The van der Waals surface area contributed by atoms with Gasteiger partial charge < -0.3 is 25.0 Å². The third kappa shape index (κ3) is 6.27. The van der Waals surface area contributed by atoms with Gasteiger partial charge in [-0.2, -0.15) is 0 Å². The van der Waals surface area contributed by atoms with Crippen LogP contribution in [0.5, 0.6) is 11.5 Å². The number of halogens is 1. The second-order valence-electron chi connectivity index (χ2n) is 9.21. The van der Waals surface area contributed by atoms with Crippen molar-refractivity contribution < 1.29 is 14.3 Å². The fourth-order valence-electron chi connectivity index (χ4n) is 4.17. The smallest absolute Gasteiger partial charge is 0.250 e. The monoisotopic (exact) mass is 544 g/mol. The largest absolute Gasteiger partial charge is 0.489 e. The highest BCUT2D eigenvalue weighted by Crippen LogP contribution is 2.41. The first-order valence-corrected chi connectivity index (χ1v) is 13.1. The first-order valence-electron chi connectivity index (χ1n) is 12.7. The summed E-state index contributed by atoms with van der Waals surface area (Å²) in [5, 5.41) is 7.73. The number of amides is 1. The van der Waals surface area contributed by atoms with Crippen LogP contribution in [0.4, 0.5) is 17.2 Å². The van der Waals surface area contributed by atoms with Crippen LogP contribution in [0.25, 0.3) is 10.9 Å². The third-order valence-electron chi connectivity index (χ3n) is 6.05. The lowest BCUT2D eigenvalue weighted by atomic mass is 10.1. The van der Waals surface area contributed by atoms with E-state index in [0.717, 1.165) is 5.69 Å². The Morgan fingerprint density at radius 2 is 2.08 bits per heavy atom. The van der Waals surface area contributed by atoms with Crippen molar-refractivity contribution in [3.8, 4) is 11.5 Å². The molecule has 9 nitrogen and oxygen atoms in total. The number of carbonyl (C=O) groups excluding carboxylic acids is 1. The molecule has 0 saturated carbocycles. The van der Waals surface area contributed by atoms with Crippen LogP contribution in [-0.2, 0) is 11.4 Å². The minimum atomic E-state index is -0.108. The summed E-state index contributed by atoms with van der Waals surface area (Å²) >= 11 is 6.52. The van der Waals surface area contributed by atoms with Crippen molar-refractivity contribution >= 4 is 45.6 Å². The maximum absolute atomic E-state index is 13.0. The molecule has 1 aliphatic rings. The molecule has 0 spiro atoms. The Morgan fingerprint density at radius 1 is 1.18 bits per heavy atom. The summed E-state index contributed by atoms with van der Waals surface area (Å²) in [4.78, 5) is 27.9. The van der Waals surface area contributed by atoms with E-state index in [-0.39, 0.29) is 5.91 Å². The first-order chi connectivity index (χ1) is 19.0. The summed E-state index contributed by atoms with van der Waals surface area (Å²) in [6, 6.07) is 15.1. The lowest BCUT2D eigenvalue weighted by Crippen LogP contribution is -2.37. The minimum Gasteiger partial charge on any atom is -0.489 e. The molecule has 2 aromatic heterocycles. The van der Waals surface area contributed by atoms with Crippen molar-refractivity contribution in [2.75, 3.05) is 29.9 Å². The van der Waals surface area contributed by atoms with Crippen molar-refractivity contribution in [1.29, 1.82) is 0 Å².